The first-order valence-electron chi connectivity index (χ1n) is 6.57. The number of phenolic OH excluding ortho intramolecular Hbond substituents is 1. The Bertz CT molecular complexity index is 650. The molecule has 1 aromatic carbocycles. The second kappa shape index (κ2) is 6.83. The molecule has 1 N–H and O–H groups in total. The average Bonchev–Trinajstić information content (AvgIpc) is 2.70. The number of fused-ring (bicyclic) bond motifs is 1. The fourth-order valence-corrected chi connectivity index (χ4v) is 2.39. The Morgan fingerprint density at radius 3 is 2.62 bits per heavy atom. The van der Waals surface area contributed by atoms with Crippen LogP contribution in [0.15, 0.2) is 18.3 Å². The van der Waals surface area contributed by atoms with Crippen molar-refractivity contribution in [3.8, 4) is 5.75 Å². The van der Waals surface area contributed by atoms with Crippen LogP contribution in [-0.2, 0) is 18.3 Å². The number of aromatic nitrogens is 1. The number of aryl methyl sites for hydroxylation is 1. The van der Waals surface area contributed by atoms with Crippen molar-refractivity contribution in [3.05, 3.63) is 29.5 Å². The van der Waals surface area contributed by atoms with E-state index in [1.54, 1.807) is 19.2 Å². The summed E-state index contributed by atoms with van der Waals surface area (Å²) in [5, 5.41) is 10.9. The summed E-state index contributed by atoms with van der Waals surface area (Å²) in [5.41, 5.74) is 2.15. The smallest absolute Gasteiger partial charge is 0.340 e. The lowest BCUT2D eigenvalue weighted by atomic mass is 10.0. The molecule has 0 saturated carbocycles. The quantitative estimate of drug-likeness (QED) is 0.882. The minimum Gasteiger partial charge on any atom is -0.508 e. The number of esters is 1. The van der Waals surface area contributed by atoms with Gasteiger partial charge in [-0.05, 0) is 33.2 Å². The van der Waals surface area contributed by atoms with Crippen LogP contribution in [-0.4, -0.2) is 41.2 Å². The second-order valence-electron chi connectivity index (χ2n) is 5.07. The van der Waals surface area contributed by atoms with Crippen LogP contribution >= 0.6 is 12.4 Å². The number of carbonyl (C=O) groups excluding carboxylic acids is 1. The summed E-state index contributed by atoms with van der Waals surface area (Å²) in [4.78, 5) is 14.0. The van der Waals surface area contributed by atoms with Gasteiger partial charge in [-0.15, -0.1) is 12.4 Å². The zero-order chi connectivity index (χ0) is 14.9. The van der Waals surface area contributed by atoms with E-state index in [0.29, 0.717) is 18.7 Å². The SMILES string of the molecule is CCOC(=O)c1cn(C)c2ccc(O)c(CN(C)C)c12.Cl. The van der Waals surface area contributed by atoms with Crippen molar-refractivity contribution in [3.63, 3.8) is 0 Å². The highest BCUT2D eigenvalue weighted by Crippen LogP contribution is 2.32. The summed E-state index contributed by atoms with van der Waals surface area (Å²) in [6.07, 6.45) is 1.75. The number of hydrogen-bond acceptors (Lipinski definition) is 4. The molecule has 1 heterocycles. The number of hydrogen-bond donors (Lipinski definition) is 1. The van der Waals surface area contributed by atoms with E-state index >= 15 is 0 Å². The zero-order valence-electron chi connectivity index (χ0n) is 12.7. The minimum atomic E-state index is -0.358. The maximum absolute atomic E-state index is 12.1. The Balaban J connectivity index is 0.00000220. The van der Waals surface area contributed by atoms with Gasteiger partial charge in [0, 0.05) is 36.3 Å². The molecule has 0 bridgehead atoms. The standard InChI is InChI=1S/C15H20N2O3.ClH/c1-5-20-15(19)11-9-17(4)12-6-7-13(18)10(14(11)12)8-16(2)3;/h6-7,9,18H,5,8H2,1-4H3;1H. The molecule has 5 nitrogen and oxygen atoms in total. The van der Waals surface area contributed by atoms with Gasteiger partial charge in [0.25, 0.3) is 0 Å². The number of carbonyl (C=O) groups is 1. The van der Waals surface area contributed by atoms with Gasteiger partial charge in [0.15, 0.2) is 0 Å². The molecule has 0 spiro atoms. The fraction of sp³-hybridized carbons (Fsp3) is 0.400. The molecule has 116 valence electrons. The van der Waals surface area contributed by atoms with Crippen molar-refractivity contribution in [1.29, 1.82) is 0 Å². The Morgan fingerprint density at radius 2 is 2.05 bits per heavy atom. The summed E-state index contributed by atoms with van der Waals surface area (Å²) < 4.78 is 6.98. The highest BCUT2D eigenvalue weighted by molar-refractivity contribution is 6.06. The Labute approximate surface area is 130 Å². The molecule has 0 radical (unpaired) electrons. The van der Waals surface area contributed by atoms with Crippen molar-refractivity contribution in [2.45, 2.75) is 13.5 Å². The fourth-order valence-electron chi connectivity index (χ4n) is 2.39. The van der Waals surface area contributed by atoms with E-state index in [4.69, 9.17) is 4.74 Å². The first kappa shape index (κ1) is 17.3. The largest absolute Gasteiger partial charge is 0.508 e. The highest BCUT2D eigenvalue weighted by atomic mass is 35.5. The normalized spacial score (nSPS) is 10.7. The molecule has 2 aromatic rings. The molecule has 0 aliphatic carbocycles. The number of halogens is 1. The van der Waals surface area contributed by atoms with Gasteiger partial charge in [-0.1, -0.05) is 0 Å². The summed E-state index contributed by atoms with van der Waals surface area (Å²) >= 11 is 0. The van der Waals surface area contributed by atoms with E-state index in [1.807, 2.05) is 36.7 Å². The molecule has 21 heavy (non-hydrogen) atoms. The maximum Gasteiger partial charge on any atom is 0.340 e. The van der Waals surface area contributed by atoms with Crippen molar-refractivity contribution >= 4 is 29.3 Å². The highest BCUT2D eigenvalue weighted by Gasteiger charge is 2.20. The molecule has 0 aliphatic heterocycles. The Hall–Kier alpha value is -1.72. The molecule has 1 aromatic heterocycles. The summed E-state index contributed by atoms with van der Waals surface area (Å²) in [7, 11) is 5.72. The van der Waals surface area contributed by atoms with Gasteiger partial charge in [-0.2, -0.15) is 0 Å². The summed E-state index contributed by atoms with van der Waals surface area (Å²) in [5.74, 6) is -0.161. The van der Waals surface area contributed by atoms with Crippen LogP contribution in [0.1, 0.15) is 22.8 Å². The molecule has 0 saturated heterocycles. The van der Waals surface area contributed by atoms with E-state index in [0.717, 1.165) is 16.5 Å². The number of rotatable bonds is 4. The van der Waals surface area contributed by atoms with E-state index in [2.05, 4.69) is 0 Å². The molecule has 0 atom stereocenters. The Morgan fingerprint density at radius 1 is 1.38 bits per heavy atom. The van der Waals surface area contributed by atoms with Crippen LogP contribution in [0.2, 0.25) is 0 Å². The van der Waals surface area contributed by atoms with E-state index in [-0.39, 0.29) is 24.1 Å². The van der Waals surface area contributed by atoms with E-state index < -0.39 is 0 Å². The van der Waals surface area contributed by atoms with Crippen LogP contribution in [0.4, 0.5) is 0 Å². The maximum atomic E-state index is 12.1. The number of phenols is 1. The van der Waals surface area contributed by atoms with Crippen LogP contribution in [0, 0.1) is 0 Å². The molecule has 2 rings (SSSR count). The number of ether oxygens (including phenoxy) is 1. The van der Waals surface area contributed by atoms with E-state index in [9.17, 15) is 9.90 Å². The molecular formula is C15H21ClN2O3. The number of aromatic hydroxyl groups is 1. The lowest BCUT2D eigenvalue weighted by molar-refractivity contribution is 0.0528. The van der Waals surface area contributed by atoms with Crippen molar-refractivity contribution in [2.75, 3.05) is 20.7 Å². The monoisotopic (exact) mass is 312 g/mol. The second-order valence-corrected chi connectivity index (χ2v) is 5.07. The molecular weight excluding hydrogens is 292 g/mol. The van der Waals surface area contributed by atoms with Gasteiger partial charge in [0.1, 0.15) is 5.75 Å². The third-order valence-corrected chi connectivity index (χ3v) is 3.21. The van der Waals surface area contributed by atoms with E-state index in [1.165, 1.54) is 0 Å². The van der Waals surface area contributed by atoms with Crippen LogP contribution in [0.3, 0.4) is 0 Å². The molecule has 6 heteroatoms. The van der Waals surface area contributed by atoms with Crippen LogP contribution < -0.4 is 0 Å². The first-order valence-corrected chi connectivity index (χ1v) is 6.57. The van der Waals surface area contributed by atoms with Gasteiger partial charge in [-0.25, -0.2) is 4.79 Å². The Kier molecular flexibility index (Phi) is 5.63. The predicted molar refractivity (Wildman–Crippen MR) is 85.2 cm³/mol. The predicted octanol–water partition coefficient (Wildman–Crippen LogP) is 2.54. The third kappa shape index (κ3) is 3.31. The summed E-state index contributed by atoms with van der Waals surface area (Å²) in [6.45, 7) is 2.66. The van der Waals surface area contributed by atoms with Gasteiger partial charge in [0.2, 0.25) is 0 Å². The average molecular weight is 313 g/mol. The molecule has 0 fully saturated rings. The van der Waals surface area contributed by atoms with Crippen LogP contribution in [0.25, 0.3) is 10.9 Å². The van der Waals surface area contributed by atoms with Gasteiger partial charge in [0.05, 0.1) is 12.2 Å². The number of nitrogens with zero attached hydrogens (tertiary/aromatic N) is 2. The summed E-state index contributed by atoms with van der Waals surface area (Å²) in [6, 6.07) is 3.47. The molecule has 0 aliphatic rings. The van der Waals surface area contributed by atoms with Gasteiger partial charge in [-0.3, -0.25) is 0 Å². The van der Waals surface area contributed by atoms with Crippen molar-refractivity contribution in [1.82, 2.24) is 9.47 Å². The topological polar surface area (TPSA) is 54.7 Å². The first-order chi connectivity index (χ1) is 9.45. The number of benzene rings is 1. The zero-order valence-corrected chi connectivity index (χ0v) is 13.5. The molecule has 0 amide bonds. The van der Waals surface area contributed by atoms with Crippen LogP contribution in [0.5, 0.6) is 5.75 Å². The third-order valence-electron chi connectivity index (χ3n) is 3.21. The van der Waals surface area contributed by atoms with Gasteiger partial charge >= 0.3 is 5.97 Å². The molecule has 0 unspecified atom stereocenters. The van der Waals surface area contributed by atoms with Gasteiger partial charge < -0.3 is 19.3 Å². The van der Waals surface area contributed by atoms with Crippen molar-refractivity contribution in [2.24, 2.45) is 7.05 Å². The lowest BCUT2D eigenvalue weighted by Gasteiger charge is -2.13. The lowest BCUT2D eigenvalue weighted by Crippen LogP contribution is -2.12. The van der Waals surface area contributed by atoms with Crippen molar-refractivity contribution < 1.29 is 14.6 Å². The minimum absolute atomic E-state index is 0.